The SMILES string of the molecule is Cc1nnsc1C(=O)c1ccc2ncccc2c1. The zero-order valence-electron chi connectivity index (χ0n) is 9.62. The fraction of sp³-hybridized carbons (Fsp3) is 0.0769. The van der Waals surface area contributed by atoms with Crippen molar-refractivity contribution in [1.82, 2.24) is 14.6 Å². The molecule has 18 heavy (non-hydrogen) atoms. The quantitative estimate of drug-likeness (QED) is 0.660. The fourth-order valence-electron chi connectivity index (χ4n) is 1.79. The highest BCUT2D eigenvalue weighted by atomic mass is 32.1. The second kappa shape index (κ2) is 4.27. The van der Waals surface area contributed by atoms with Crippen molar-refractivity contribution < 1.29 is 4.79 Å². The molecule has 5 heteroatoms. The lowest BCUT2D eigenvalue weighted by Gasteiger charge is -2.01. The number of benzene rings is 1. The average molecular weight is 255 g/mol. The summed E-state index contributed by atoms with van der Waals surface area (Å²) in [5.41, 5.74) is 2.20. The van der Waals surface area contributed by atoms with E-state index < -0.39 is 0 Å². The molecule has 0 N–H and O–H groups in total. The third-order valence-corrected chi connectivity index (χ3v) is 3.55. The Morgan fingerprint density at radius 1 is 1.28 bits per heavy atom. The lowest BCUT2D eigenvalue weighted by Crippen LogP contribution is -2.00. The van der Waals surface area contributed by atoms with Crippen LogP contribution in [-0.4, -0.2) is 20.4 Å². The summed E-state index contributed by atoms with van der Waals surface area (Å²) >= 11 is 1.13. The highest BCUT2D eigenvalue weighted by Crippen LogP contribution is 2.19. The molecule has 0 radical (unpaired) electrons. The van der Waals surface area contributed by atoms with Gasteiger partial charge in [0.25, 0.3) is 0 Å². The van der Waals surface area contributed by atoms with Gasteiger partial charge in [0.05, 0.1) is 11.2 Å². The van der Waals surface area contributed by atoms with E-state index >= 15 is 0 Å². The van der Waals surface area contributed by atoms with E-state index in [2.05, 4.69) is 14.6 Å². The van der Waals surface area contributed by atoms with E-state index in [-0.39, 0.29) is 5.78 Å². The van der Waals surface area contributed by atoms with Crippen LogP contribution in [0.2, 0.25) is 0 Å². The number of pyridine rings is 1. The average Bonchev–Trinajstić information content (AvgIpc) is 2.83. The Bertz CT molecular complexity index is 736. The normalized spacial score (nSPS) is 10.7. The molecule has 0 aliphatic carbocycles. The van der Waals surface area contributed by atoms with Crippen molar-refractivity contribution in [2.75, 3.05) is 0 Å². The van der Waals surface area contributed by atoms with Gasteiger partial charge in [0, 0.05) is 17.1 Å². The van der Waals surface area contributed by atoms with Crippen LogP contribution in [0.25, 0.3) is 10.9 Å². The van der Waals surface area contributed by atoms with Gasteiger partial charge >= 0.3 is 0 Å². The van der Waals surface area contributed by atoms with Crippen LogP contribution in [0.4, 0.5) is 0 Å². The Morgan fingerprint density at radius 2 is 2.17 bits per heavy atom. The number of nitrogens with zero attached hydrogens (tertiary/aromatic N) is 3. The van der Waals surface area contributed by atoms with Crippen LogP contribution in [0.5, 0.6) is 0 Å². The molecule has 0 saturated heterocycles. The third kappa shape index (κ3) is 1.78. The van der Waals surface area contributed by atoms with E-state index in [9.17, 15) is 4.79 Å². The highest BCUT2D eigenvalue weighted by molar-refractivity contribution is 7.08. The topological polar surface area (TPSA) is 55.7 Å². The molecule has 0 aliphatic rings. The first-order valence-corrected chi connectivity index (χ1v) is 6.21. The number of fused-ring (bicyclic) bond motifs is 1. The summed E-state index contributed by atoms with van der Waals surface area (Å²) < 4.78 is 3.79. The lowest BCUT2D eigenvalue weighted by atomic mass is 10.1. The number of aryl methyl sites for hydroxylation is 1. The molecule has 3 rings (SSSR count). The summed E-state index contributed by atoms with van der Waals surface area (Å²) in [6.45, 7) is 1.79. The number of rotatable bonds is 2. The number of aromatic nitrogens is 3. The predicted molar refractivity (Wildman–Crippen MR) is 69.8 cm³/mol. The van der Waals surface area contributed by atoms with Gasteiger partial charge in [-0.05, 0) is 42.7 Å². The molecule has 1 aromatic carbocycles. The van der Waals surface area contributed by atoms with Gasteiger partial charge in [-0.1, -0.05) is 10.6 Å². The molecule has 0 spiro atoms. The molecule has 88 valence electrons. The highest BCUT2D eigenvalue weighted by Gasteiger charge is 2.15. The maximum absolute atomic E-state index is 12.3. The summed E-state index contributed by atoms with van der Waals surface area (Å²) in [6.07, 6.45) is 1.74. The first kappa shape index (κ1) is 11.0. The molecular formula is C13H9N3OS. The van der Waals surface area contributed by atoms with E-state index in [1.165, 1.54) is 0 Å². The Morgan fingerprint density at radius 3 is 2.94 bits per heavy atom. The van der Waals surface area contributed by atoms with Crippen molar-refractivity contribution in [3.05, 3.63) is 52.7 Å². The molecule has 0 amide bonds. The van der Waals surface area contributed by atoms with Crippen LogP contribution in [0.15, 0.2) is 36.5 Å². The van der Waals surface area contributed by atoms with Crippen molar-refractivity contribution in [1.29, 1.82) is 0 Å². The first-order valence-electron chi connectivity index (χ1n) is 5.44. The van der Waals surface area contributed by atoms with Gasteiger partial charge in [-0.15, -0.1) is 5.10 Å². The second-order valence-corrected chi connectivity index (χ2v) is 4.68. The minimum atomic E-state index is -0.0340. The molecule has 2 aromatic heterocycles. The molecule has 0 bridgehead atoms. The van der Waals surface area contributed by atoms with Crippen molar-refractivity contribution in [3.63, 3.8) is 0 Å². The monoisotopic (exact) mass is 255 g/mol. The van der Waals surface area contributed by atoms with Crippen molar-refractivity contribution in [2.45, 2.75) is 6.92 Å². The molecule has 0 saturated carbocycles. The van der Waals surface area contributed by atoms with Crippen molar-refractivity contribution >= 4 is 28.2 Å². The minimum absolute atomic E-state index is 0.0340. The van der Waals surface area contributed by atoms with Crippen LogP contribution in [0.1, 0.15) is 20.9 Å². The zero-order valence-corrected chi connectivity index (χ0v) is 10.4. The van der Waals surface area contributed by atoms with Gasteiger partial charge in [-0.3, -0.25) is 9.78 Å². The second-order valence-electron chi connectivity index (χ2n) is 3.93. The van der Waals surface area contributed by atoms with E-state index in [1.807, 2.05) is 24.3 Å². The molecule has 0 unspecified atom stereocenters. The van der Waals surface area contributed by atoms with Gasteiger partial charge in [0.1, 0.15) is 4.88 Å². The van der Waals surface area contributed by atoms with Crippen LogP contribution in [-0.2, 0) is 0 Å². The van der Waals surface area contributed by atoms with Gasteiger partial charge in [0.2, 0.25) is 5.78 Å². The summed E-state index contributed by atoms with van der Waals surface area (Å²) in [5, 5.41) is 4.82. The molecule has 4 nitrogen and oxygen atoms in total. The molecular weight excluding hydrogens is 246 g/mol. The van der Waals surface area contributed by atoms with E-state index in [0.717, 1.165) is 22.4 Å². The van der Waals surface area contributed by atoms with Crippen LogP contribution >= 0.6 is 11.5 Å². The van der Waals surface area contributed by atoms with Gasteiger partial charge < -0.3 is 0 Å². The van der Waals surface area contributed by atoms with Gasteiger partial charge in [-0.2, -0.15) is 0 Å². The van der Waals surface area contributed by atoms with Gasteiger partial charge in [0.15, 0.2) is 0 Å². The maximum Gasteiger partial charge on any atom is 0.206 e. The van der Waals surface area contributed by atoms with E-state index in [0.29, 0.717) is 16.1 Å². The molecule has 0 atom stereocenters. The summed E-state index contributed by atoms with van der Waals surface area (Å²) in [5.74, 6) is -0.0340. The zero-order chi connectivity index (χ0) is 12.5. The Labute approximate surface area is 107 Å². The van der Waals surface area contributed by atoms with Crippen LogP contribution < -0.4 is 0 Å². The number of hydrogen-bond acceptors (Lipinski definition) is 5. The summed E-state index contributed by atoms with van der Waals surface area (Å²) in [4.78, 5) is 17.1. The number of hydrogen-bond donors (Lipinski definition) is 0. The first-order chi connectivity index (χ1) is 8.75. The third-order valence-electron chi connectivity index (χ3n) is 2.72. The predicted octanol–water partition coefficient (Wildman–Crippen LogP) is 2.63. The van der Waals surface area contributed by atoms with Crippen molar-refractivity contribution in [3.8, 4) is 0 Å². The van der Waals surface area contributed by atoms with Gasteiger partial charge in [-0.25, -0.2) is 0 Å². The smallest absolute Gasteiger partial charge is 0.206 e. The minimum Gasteiger partial charge on any atom is -0.288 e. The molecule has 3 aromatic rings. The standard InChI is InChI=1S/C13H9N3OS/c1-8-13(18-16-15-8)12(17)10-4-5-11-9(7-10)3-2-6-14-11/h2-7H,1H3. The Balaban J connectivity index is 2.10. The Kier molecular flexibility index (Phi) is 2.60. The largest absolute Gasteiger partial charge is 0.288 e. The van der Waals surface area contributed by atoms with Crippen molar-refractivity contribution in [2.24, 2.45) is 0 Å². The molecule has 0 fully saturated rings. The summed E-state index contributed by atoms with van der Waals surface area (Å²) in [6, 6.07) is 9.29. The maximum atomic E-state index is 12.3. The Hall–Kier alpha value is -2.14. The number of carbonyl (C=O) groups excluding carboxylic acids is 1. The molecule has 0 aliphatic heterocycles. The van der Waals surface area contributed by atoms with Crippen LogP contribution in [0, 0.1) is 6.92 Å². The van der Waals surface area contributed by atoms with E-state index in [4.69, 9.17) is 0 Å². The fourth-order valence-corrected chi connectivity index (χ4v) is 2.41. The molecule has 2 heterocycles. The lowest BCUT2D eigenvalue weighted by molar-refractivity contribution is 0.104. The van der Waals surface area contributed by atoms with E-state index in [1.54, 1.807) is 19.2 Å². The van der Waals surface area contributed by atoms with Crippen LogP contribution in [0.3, 0.4) is 0 Å². The number of ketones is 1. The number of carbonyl (C=O) groups is 1. The summed E-state index contributed by atoms with van der Waals surface area (Å²) in [7, 11) is 0.